The topological polar surface area (TPSA) is 95.7 Å². The Labute approximate surface area is 169 Å². The molecule has 3 rings (SSSR count). The highest BCUT2D eigenvalue weighted by Gasteiger charge is 2.16. The highest BCUT2D eigenvalue weighted by Crippen LogP contribution is 2.15. The Kier molecular flexibility index (Phi) is 6.49. The molecule has 2 aromatic heterocycles. The van der Waals surface area contributed by atoms with Crippen LogP contribution in [0.15, 0.2) is 42.6 Å². The van der Waals surface area contributed by atoms with Gasteiger partial charge >= 0.3 is 0 Å². The molecule has 0 aliphatic rings. The van der Waals surface area contributed by atoms with Crippen molar-refractivity contribution in [3.8, 4) is 5.75 Å². The molecule has 2 heterocycles. The van der Waals surface area contributed by atoms with E-state index in [2.05, 4.69) is 15.6 Å². The molecule has 7 nitrogen and oxygen atoms in total. The smallest absolute Gasteiger partial charge is 0.270 e. The fourth-order valence-corrected chi connectivity index (χ4v) is 3.22. The van der Waals surface area contributed by atoms with Crippen LogP contribution >= 0.6 is 0 Å². The number of hydrogen-bond acceptors (Lipinski definition) is 4. The van der Waals surface area contributed by atoms with E-state index < -0.39 is 0 Å². The SMILES string of the molecule is Cc1nc2c(C)cccn2c1C(=O)NCCCC(=O)NCCc1ccc(O)cc1. The van der Waals surface area contributed by atoms with Crippen molar-refractivity contribution in [2.75, 3.05) is 13.1 Å². The summed E-state index contributed by atoms with van der Waals surface area (Å²) in [5, 5.41) is 15.0. The number of amides is 2. The third kappa shape index (κ3) is 5.13. The number of rotatable bonds is 8. The third-order valence-electron chi connectivity index (χ3n) is 4.77. The van der Waals surface area contributed by atoms with E-state index in [4.69, 9.17) is 0 Å². The lowest BCUT2D eigenvalue weighted by Gasteiger charge is -2.08. The van der Waals surface area contributed by atoms with Crippen molar-refractivity contribution in [3.05, 3.63) is 65.1 Å². The van der Waals surface area contributed by atoms with Crippen LogP contribution in [0.3, 0.4) is 0 Å². The molecule has 0 spiro atoms. The van der Waals surface area contributed by atoms with Crippen molar-refractivity contribution in [2.24, 2.45) is 0 Å². The van der Waals surface area contributed by atoms with Crippen LogP contribution in [0.2, 0.25) is 0 Å². The fourth-order valence-electron chi connectivity index (χ4n) is 3.22. The van der Waals surface area contributed by atoms with Gasteiger partial charge in [0.05, 0.1) is 5.69 Å². The lowest BCUT2D eigenvalue weighted by Crippen LogP contribution is -2.29. The third-order valence-corrected chi connectivity index (χ3v) is 4.77. The summed E-state index contributed by atoms with van der Waals surface area (Å²) in [6, 6.07) is 10.8. The number of nitrogens with zero attached hydrogens (tertiary/aromatic N) is 2. The second-order valence-corrected chi connectivity index (χ2v) is 7.06. The van der Waals surface area contributed by atoms with E-state index in [9.17, 15) is 14.7 Å². The normalized spacial score (nSPS) is 10.8. The molecule has 7 heteroatoms. The average Bonchev–Trinajstić information content (AvgIpc) is 3.04. The first-order valence-corrected chi connectivity index (χ1v) is 9.73. The second-order valence-electron chi connectivity index (χ2n) is 7.06. The standard InChI is InChI=1S/C22H26N4O3/c1-15-5-4-14-26-20(16(2)25-21(15)26)22(29)24-12-3-6-19(28)23-13-11-17-7-9-18(27)10-8-17/h4-5,7-10,14,27H,3,6,11-13H2,1-2H3,(H,23,28)(H,24,29). The maximum atomic E-state index is 12.6. The maximum absolute atomic E-state index is 12.6. The number of aromatic nitrogens is 2. The van der Waals surface area contributed by atoms with Gasteiger partial charge in [-0.2, -0.15) is 0 Å². The van der Waals surface area contributed by atoms with Gasteiger partial charge in [-0.25, -0.2) is 4.98 Å². The van der Waals surface area contributed by atoms with Crippen LogP contribution in [0.5, 0.6) is 5.75 Å². The number of nitrogens with one attached hydrogen (secondary N) is 2. The van der Waals surface area contributed by atoms with Crippen LogP contribution in [-0.4, -0.2) is 39.4 Å². The van der Waals surface area contributed by atoms with Crippen molar-refractivity contribution in [1.29, 1.82) is 0 Å². The highest BCUT2D eigenvalue weighted by atomic mass is 16.3. The number of benzene rings is 1. The number of phenolic OH excluding ortho intramolecular Hbond substituents is 1. The molecule has 2 amide bonds. The maximum Gasteiger partial charge on any atom is 0.270 e. The van der Waals surface area contributed by atoms with Gasteiger partial charge < -0.3 is 15.7 Å². The fraction of sp³-hybridized carbons (Fsp3) is 0.318. The lowest BCUT2D eigenvalue weighted by molar-refractivity contribution is -0.121. The Morgan fingerprint density at radius 1 is 1.07 bits per heavy atom. The van der Waals surface area contributed by atoms with E-state index >= 15 is 0 Å². The monoisotopic (exact) mass is 394 g/mol. The van der Waals surface area contributed by atoms with E-state index in [0.717, 1.165) is 16.8 Å². The summed E-state index contributed by atoms with van der Waals surface area (Å²) in [5.74, 6) is 0.00191. The van der Waals surface area contributed by atoms with Gasteiger partial charge in [0.2, 0.25) is 5.91 Å². The van der Waals surface area contributed by atoms with Crippen molar-refractivity contribution in [2.45, 2.75) is 33.1 Å². The van der Waals surface area contributed by atoms with Crippen LogP contribution in [0.25, 0.3) is 5.65 Å². The summed E-state index contributed by atoms with van der Waals surface area (Å²) in [5.41, 5.74) is 4.06. The van der Waals surface area contributed by atoms with Gasteiger partial charge in [-0.15, -0.1) is 0 Å². The summed E-state index contributed by atoms with van der Waals surface area (Å²) in [6.45, 7) is 4.74. The Balaban J connectivity index is 1.40. The Morgan fingerprint density at radius 2 is 1.83 bits per heavy atom. The van der Waals surface area contributed by atoms with E-state index in [1.807, 2.05) is 44.3 Å². The summed E-state index contributed by atoms with van der Waals surface area (Å²) < 4.78 is 1.80. The number of phenols is 1. The molecule has 0 saturated heterocycles. The molecule has 0 saturated carbocycles. The molecule has 3 N–H and O–H groups in total. The average molecular weight is 394 g/mol. The Hall–Kier alpha value is -3.35. The van der Waals surface area contributed by atoms with Crippen molar-refractivity contribution >= 4 is 17.5 Å². The molecule has 3 aromatic rings. The van der Waals surface area contributed by atoms with E-state index in [1.54, 1.807) is 16.5 Å². The first-order chi connectivity index (χ1) is 14.0. The quantitative estimate of drug-likeness (QED) is 0.512. The van der Waals surface area contributed by atoms with E-state index in [0.29, 0.717) is 43.7 Å². The van der Waals surface area contributed by atoms with Crippen LogP contribution in [-0.2, 0) is 11.2 Å². The number of fused-ring (bicyclic) bond motifs is 1. The van der Waals surface area contributed by atoms with Crippen LogP contribution < -0.4 is 10.6 Å². The minimum atomic E-state index is -0.187. The molecule has 0 fully saturated rings. The van der Waals surface area contributed by atoms with Gasteiger partial charge in [0.15, 0.2) is 0 Å². The minimum Gasteiger partial charge on any atom is -0.508 e. The predicted molar refractivity (Wildman–Crippen MR) is 111 cm³/mol. The van der Waals surface area contributed by atoms with Crippen molar-refractivity contribution in [1.82, 2.24) is 20.0 Å². The largest absolute Gasteiger partial charge is 0.508 e. The zero-order valence-electron chi connectivity index (χ0n) is 16.7. The second kappa shape index (κ2) is 9.23. The van der Waals surface area contributed by atoms with Crippen LogP contribution in [0.4, 0.5) is 0 Å². The van der Waals surface area contributed by atoms with Gasteiger partial charge in [0, 0.05) is 25.7 Å². The van der Waals surface area contributed by atoms with Gasteiger partial charge in [-0.05, 0) is 56.0 Å². The number of aromatic hydroxyl groups is 1. The first kappa shape index (κ1) is 20.4. The number of carbonyl (C=O) groups excluding carboxylic acids is 2. The summed E-state index contributed by atoms with van der Waals surface area (Å²) in [6.07, 6.45) is 3.45. The molecule has 152 valence electrons. The molecular formula is C22H26N4O3. The molecule has 0 atom stereocenters. The number of aryl methyl sites for hydroxylation is 2. The summed E-state index contributed by atoms with van der Waals surface area (Å²) in [7, 11) is 0. The summed E-state index contributed by atoms with van der Waals surface area (Å²) in [4.78, 5) is 29.0. The zero-order chi connectivity index (χ0) is 20.8. The van der Waals surface area contributed by atoms with Gasteiger partial charge in [-0.1, -0.05) is 18.2 Å². The zero-order valence-corrected chi connectivity index (χ0v) is 16.7. The van der Waals surface area contributed by atoms with E-state index in [1.165, 1.54) is 0 Å². The van der Waals surface area contributed by atoms with Gasteiger partial charge in [0.25, 0.3) is 5.91 Å². The molecule has 1 aromatic carbocycles. The number of hydrogen-bond donors (Lipinski definition) is 3. The molecule has 0 aliphatic carbocycles. The Bertz CT molecular complexity index is 1010. The van der Waals surface area contributed by atoms with Crippen LogP contribution in [0, 0.1) is 13.8 Å². The van der Waals surface area contributed by atoms with Gasteiger partial charge in [-0.3, -0.25) is 14.0 Å². The highest BCUT2D eigenvalue weighted by molar-refractivity contribution is 5.94. The van der Waals surface area contributed by atoms with Crippen molar-refractivity contribution in [3.63, 3.8) is 0 Å². The van der Waals surface area contributed by atoms with E-state index in [-0.39, 0.29) is 17.6 Å². The molecule has 0 bridgehead atoms. The molecule has 0 unspecified atom stereocenters. The summed E-state index contributed by atoms with van der Waals surface area (Å²) >= 11 is 0. The van der Waals surface area contributed by atoms with Crippen LogP contribution in [0.1, 0.15) is 40.2 Å². The molecular weight excluding hydrogens is 368 g/mol. The lowest BCUT2D eigenvalue weighted by atomic mass is 10.1. The molecule has 0 aliphatic heterocycles. The molecule has 0 radical (unpaired) electrons. The minimum absolute atomic E-state index is 0.0420. The predicted octanol–water partition coefficient (Wildman–Crippen LogP) is 2.53. The van der Waals surface area contributed by atoms with Crippen molar-refractivity contribution < 1.29 is 14.7 Å². The van der Waals surface area contributed by atoms with Gasteiger partial charge in [0.1, 0.15) is 17.1 Å². The number of imidazole rings is 1. The number of pyridine rings is 1. The molecule has 29 heavy (non-hydrogen) atoms. The number of carbonyl (C=O) groups is 2. The Morgan fingerprint density at radius 3 is 2.59 bits per heavy atom. The first-order valence-electron chi connectivity index (χ1n) is 9.73.